The summed E-state index contributed by atoms with van der Waals surface area (Å²) in [4.78, 5) is 28.0. The fourth-order valence-electron chi connectivity index (χ4n) is 2.99. The van der Waals surface area contributed by atoms with Gasteiger partial charge in [0.1, 0.15) is 5.56 Å². The number of fused-ring (bicyclic) bond motifs is 1. The van der Waals surface area contributed by atoms with E-state index in [1.807, 2.05) is 0 Å². The summed E-state index contributed by atoms with van der Waals surface area (Å²) in [5.41, 5.74) is 1.55. The minimum absolute atomic E-state index is 0.215. The van der Waals surface area contributed by atoms with E-state index in [1.165, 1.54) is 27.4 Å². The lowest BCUT2D eigenvalue weighted by molar-refractivity contribution is 0.0527. The van der Waals surface area contributed by atoms with E-state index in [4.69, 9.17) is 18.9 Å². The van der Waals surface area contributed by atoms with Crippen molar-refractivity contribution in [1.29, 1.82) is 0 Å². The second-order valence-corrected chi connectivity index (χ2v) is 5.88. The van der Waals surface area contributed by atoms with Gasteiger partial charge in [0.05, 0.1) is 39.3 Å². The molecule has 9 heteroatoms. The molecule has 0 amide bonds. The van der Waals surface area contributed by atoms with Crippen LogP contribution in [0, 0.1) is 6.92 Å². The van der Waals surface area contributed by atoms with Crippen LogP contribution in [0.5, 0.6) is 17.2 Å². The van der Waals surface area contributed by atoms with Crippen LogP contribution < -0.4 is 19.8 Å². The van der Waals surface area contributed by atoms with E-state index in [0.717, 1.165) is 4.52 Å². The van der Waals surface area contributed by atoms with E-state index in [9.17, 15) is 9.59 Å². The van der Waals surface area contributed by atoms with E-state index < -0.39 is 11.5 Å². The van der Waals surface area contributed by atoms with Crippen molar-refractivity contribution in [1.82, 2.24) is 14.6 Å². The predicted molar refractivity (Wildman–Crippen MR) is 102 cm³/mol. The molecule has 2 aromatic heterocycles. The minimum Gasteiger partial charge on any atom is -0.493 e. The van der Waals surface area contributed by atoms with Gasteiger partial charge in [0.25, 0.3) is 5.56 Å². The molecule has 9 nitrogen and oxygen atoms in total. The lowest BCUT2D eigenvalue weighted by atomic mass is 10.1. The number of esters is 1. The first-order valence-electron chi connectivity index (χ1n) is 8.55. The number of nitrogens with zero attached hydrogens (tertiary/aromatic N) is 2. The molecule has 3 rings (SSSR count). The number of nitrogens with one attached hydrogen (secondary N) is 1. The summed E-state index contributed by atoms with van der Waals surface area (Å²) in [5, 5.41) is 4.15. The van der Waals surface area contributed by atoms with Gasteiger partial charge >= 0.3 is 5.97 Å². The SMILES string of the molecule is CCOC(=O)c1c(C)nn2c(=O)cc(-c3cc(OC)c(OC)c(OC)c3)[nH]c12. The fraction of sp³-hybridized carbons (Fsp3) is 0.316. The highest BCUT2D eigenvalue weighted by Gasteiger charge is 2.22. The van der Waals surface area contributed by atoms with Gasteiger partial charge in [-0.2, -0.15) is 9.61 Å². The number of aromatic amines is 1. The Morgan fingerprint density at radius 2 is 1.75 bits per heavy atom. The van der Waals surface area contributed by atoms with Gasteiger partial charge in [-0.1, -0.05) is 0 Å². The van der Waals surface area contributed by atoms with Gasteiger partial charge in [-0.25, -0.2) is 4.79 Å². The van der Waals surface area contributed by atoms with Gasteiger partial charge in [-0.05, 0) is 26.0 Å². The first-order valence-corrected chi connectivity index (χ1v) is 8.55. The second kappa shape index (κ2) is 7.63. The number of hydrogen-bond acceptors (Lipinski definition) is 7. The van der Waals surface area contributed by atoms with Crippen LogP contribution in [0.2, 0.25) is 0 Å². The molecule has 0 atom stereocenters. The van der Waals surface area contributed by atoms with Gasteiger partial charge in [0.2, 0.25) is 5.75 Å². The molecule has 2 heterocycles. The van der Waals surface area contributed by atoms with Crippen molar-refractivity contribution in [3.05, 3.63) is 39.8 Å². The number of hydrogen-bond donors (Lipinski definition) is 1. The highest BCUT2D eigenvalue weighted by atomic mass is 16.5. The molecule has 1 aromatic carbocycles. The number of methoxy groups -OCH3 is 3. The van der Waals surface area contributed by atoms with Crippen LogP contribution >= 0.6 is 0 Å². The molecule has 0 unspecified atom stereocenters. The third kappa shape index (κ3) is 3.15. The zero-order valence-corrected chi connectivity index (χ0v) is 16.3. The maximum absolute atomic E-state index is 12.6. The average molecular weight is 387 g/mol. The van der Waals surface area contributed by atoms with Gasteiger partial charge < -0.3 is 23.9 Å². The maximum Gasteiger partial charge on any atom is 0.343 e. The molecular formula is C19H21N3O6. The number of aromatic nitrogens is 3. The second-order valence-electron chi connectivity index (χ2n) is 5.88. The highest BCUT2D eigenvalue weighted by Crippen LogP contribution is 2.40. The van der Waals surface area contributed by atoms with E-state index in [0.29, 0.717) is 34.2 Å². The van der Waals surface area contributed by atoms with Crippen molar-refractivity contribution in [2.75, 3.05) is 27.9 Å². The van der Waals surface area contributed by atoms with Gasteiger partial charge in [0, 0.05) is 11.6 Å². The molecule has 0 radical (unpaired) electrons. The topological polar surface area (TPSA) is 104 Å². The zero-order valence-electron chi connectivity index (χ0n) is 16.3. The van der Waals surface area contributed by atoms with Crippen LogP contribution in [0.3, 0.4) is 0 Å². The Balaban J connectivity index is 2.26. The quantitative estimate of drug-likeness (QED) is 0.647. The molecule has 0 spiro atoms. The zero-order chi connectivity index (χ0) is 20.4. The smallest absolute Gasteiger partial charge is 0.343 e. The van der Waals surface area contributed by atoms with Crippen molar-refractivity contribution < 1.29 is 23.7 Å². The standard InChI is InChI=1S/C19H21N3O6/c1-6-28-19(24)16-10(2)21-22-15(23)9-12(20-18(16)22)11-7-13(25-3)17(27-5)14(8-11)26-4/h7-9,20H,6H2,1-5H3. The maximum atomic E-state index is 12.6. The van der Waals surface area contributed by atoms with E-state index >= 15 is 0 Å². The Kier molecular flexibility index (Phi) is 5.25. The van der Waals surface area contributed by atoms with Crippen LogP contribution in [0.25, 0.3) is 16.9 Å². The first-order chi connectivity index (χ1) is 13.4. The lowest BCUT2D eigenvalue weighted by Gasteiger charge is -2.14. The molecular weight excluding hydrogens is 366 g/mol. The van der Waals surface area contributed by atoms with Crippen molar-refractivity contribution in [3.8, 4) is 28.5 Å². The number of carbonyl (C=O) groups is 1. The fourth-order valence-corrected chi connectivity index (χ4v) is 2.99. The summed E-state index contributed by atoms with van der Waals surface area (Å²) in [5.74, 6) is 0.762. The summed E-state index contributed by atoms with van der Waals surface area (Å²) in [6.45, 7) is 3.57. The molecule has 0 aliphatic carbocycles. The Bertz CT molecular complexity index is 1070. The average Bonchev–Trinajstić information content (AvgIpc) is 3.03. The molecule has 1 N–H and O–H groups in total. The van der Waals surface area contributed by atoms with Crippen molar-refractivity contribution >= 4 is 11.6 Å². The summed E-state index contributed by atoms with van der Waals surface area (Å²) < 4.78 is 22.3. The number of aryl methyl sites for hydroxylation is 1. The Morgan fingerprint density at radius 1 is 1.11 bits per heavy atom. The van der Waals surface area contributed by atoms with E-state index in [2.05, 4.69) is 10.1 Å². The molecule has 0 saturated carbocycles. The van der Waals surface area contributed by atoms with Crippen molar-refractivity contribution in [3.63, 3.8) is 0 Å². The first kappa shape index (κ1) is 19.3. The minimum atomic E-state index is -0.548. The van der Waals surface area contributed by atoms with Crippen molar-refractivity contribution in [2.45, 2.75) is 13.8 Å². The normalized spacial score (nSPS) is 10.8. The van der Waals surface area contributed by atoms with Crippen LogP contribution in [-0.4, -0.2) is 48.5 Å². The highest BCUT2D eigenvalue weighted by molar-refractivity contribution is 5.97. The van der Waals surface area contributed by atoms with E-state index in [1.54, 1.807) is 26.0 Å². The Morgan fingerprint density at radius 3 is 2.29 bits per heavy atom. The number of ether oxygens (including phenoxy) is 4. The Hall–Kier alpha value is -3.49. The van der Waals surface area contributed by atoms with Gasteiger partial charge in [-0.3, -0.25) is 4.79 Å². The van der Waals surface area contributed by atoms with Crippen LogP contribution in [0.1, 0.15) is 23.0 Å². The summed E-state index contributed by atoms with van der Waals surface area (Å²) in [6.07, 6.45) is 0. The molecule has 3 aromatic rings. The monoisotopic (exact) mass is 387 g/mol. The van der Waals surface area contributed by atoms with Crippen molar-refractivity contribution in [2.24, 2.45) is 0 Å². The molecule has 0 aliphatic rings. The van der Waals surface area contributed by atoms with Crippen LogP contribution in [0.15, 0.2) is 23.0 Å². The molecule has 0 aliphatic heterocycles. The molecule has 0 fully saturated rings. The van der Waals surface area contributed by atoms with Crippen LogP contribution in [-0.2, 0) is 4.74 Å². The molecule has 0 saturated heterocycles. The van der Waals surface area contributed by atoms with Gasteiger partial charge in [-0.15, -0.1) is 0 Å². The third-order valence-electron chi connectivity index (χ3n) is 4.25. The lowest BCUT2D eigenvalue weighted by Crippen LogP contribution is -2.15. The molecule has 148 valence electrons. The number of carbonyl (C=O) groups excluding carboxylic acids is 1. The molecule has 0 bridgehead atoms. The predicted octanol–water partition coefficient (Wildman–Crippen LogP) is 2.20. The van der Waals surface area contributed by atoms with Crippen LogP contribution in [0.4, 0.5) is 0 Å². The number of H-pyrrole nitrogens is 1. The number of benzene rings is 1. The summed E-state index contributed by atoms with van der Waals surface area (Å²) >= 11 is 0. The van der Waals surface area contributed by atoms with Gasteiger partial charge in [0.15, 0.2) is 17.1 Å². The molecule has 28 heavy (non-hydrogen) atoms. The summed E-state index contributed by atoms with van der Waals surface area (Å²) in [7, 11) is 4.52. The Labute approximate surface area is 160 Å². The third-order valence-corrected chi connectivity index (χ3v) is 4.25. The van der Waals surface area contributed by atoms with E-state index in [-0.39, 0.29) is 17.8 Å². The summed E-state index contributed by atoms with van der Waals surface area (Å²) in [6, 6.07) is 4.79. The largest absolute Gasteiger partial charge is 0.493 e. The number of rotatable bonds is 6.